The first-order valence-electron chi connectivity index (χ1n) is 5.99. The van der Waals surface area contributed by atoms with E-state index in [9.17, 15) is 9.59 Å². The summed E-state index contributed by atoms with van der Waals surface area (Å²) in [6.45, 7) is 1.85. The van der Waals surface area contributed by atoms with Crippen molar-refractivity contribution in [3.63, 3.8) is 0 Å². The number of nitrogens with zero attached hydrogens (tertiary/aromatic N) is 2. The van der Waals surface area contributed by atoms with E-state index in [0.717, 1.165) is 4.70 Å². The quantitative estimate of drug-likeness (QED) is 0.669. The molecule has 108 valence electrons. The summed E-state index contributed by atoms with van der Waals surface area (Å²) in [6.07, 6.45) is 1.22. The molecule has 0 fully saturated rings. The highest BCUT2D eigenvalue weighted by Gasteiger charge is 2.18. The zero-order valence-electron chi connectivity index (χ0n) is 10.7. The van der Waals surface area contributed by atoms with Crippen LogP contribution in [-0.4, -0.2) is 22.0 Å². The second-order valence-corrected chi connectivity index (χ2v) is 6.00. The number of fused-ring (bicyclic) bond motifs is 3. The van der Waals surface area contributed by atoms with Crippen LogP contribution < -0.4 is 5.56 Å². The molecule has 0 atom stereocenters. The molecule has 2 aromatic heterocycles. The molecule has 3 rings (SSSR count). The van der Waals surface area contributed by atoms with Crippen LogP contribution in [0.4, 0.5) is 0 Å². The normalized spacial score (nSPS) is 11.2. The van der Waals surface area contributed by atoms with Gasteiger partial charge in [-0.2, -0.15) is 0 Å². The van der Waals surface area contributed by atoms with Gasteiger partial charge in [-0.1, -0.05) is 34.5 Å². The van der Waals surface area contributed by atoms with Crippen LogP contribution in [-0.2, 0) is 4.74 Å². The van der Waals surface area contributed by atoms with Crippen molar-refractivity contribution in [2.24, 2.45) is 0 Å². The standard InChI is InChI=1S/C13H8Cl2N2O3S/c1-2-20-12(19)7-5-16-13-17(11(7)18)10-8(15)3-6(14)4-9(10)21-13/h3-5H,2H2,1H3. The second kappa shape index (κ2) is 5.29. The topological polar surface area (TPSA) is 60.7 Å². The van der Waals surface area contributed by atoms with Crippen LogP contribution in [0.25, 0.3) is 15.2 Å². The van der Waals surface area contributed by atoms with E-state index >= 15 is 0 Å². The predicted molar refractivity (Wildman–Crippen MR) is 82.8 cm³/mol. The summed E-state index contributed by atoms with van der Waals surface area (Å²) >= 11 is 13.4. The van der Waals surface area contributed by atoms with Crippen molar-refractivity contribution < 1.29 is 9.53 Å². The van der Waals surface area contributed by atoms with Gasteiger partial charge in [0.2, 0.25) is 0 Å². The van der Waals surface area contributed by atoms with Crippen molar-refractivity contribution in [3.05, 3.63) is 44.3 Å². The van der Waals surface area contributed by atoms with Crippen molar-refractivity contribution in [1.82, 2.24) is 9.38 Å². The Kier molecular flexibility index (Phi) is 3.61. The van der Waals surface area contributed by atoms with Crippen LogP contribution in [0, 0.1) is 0 Å². The van der Waals surface area contributed by atoms with Crippen LogP contribution in [0.15, 0.2) is 23.1 Å². The van der Waals surface area contributed by atoms with E-state index in [-0.39, 0.29) is 12.2 Å². The Morgan fingerprint density at radius 3 is 2.90 bits per heavy atom. The molecule has 2 heterocycles. The Balaban J connectivity index is 2.40. The maximum Gasteiger partial charge on any atom is 0.345 e. The lowest BCUT2D eigenvalue weighted by molar-refractivity contribution is 0.0523. The third-order valence-electron chi connectivity index (χ3n) is 2.84. The highest BCUT2D eigenvalue weighted by Crippen LogP contribution is 2.32. The smallest absolute Gasteiger partial charge is 0.345 e. The summed E-state index contributed by atoms with van der Waals surface area (Å²) < 4.78 is 6.88. The molecule has 8 heteroatoms. The number of rotatable bonds is 2. The van der Waals surface area contributed by atoms with Crippen molar-refractivity contribution in [1.29, 1.82) is 0 Å². The van der Waals surface area contributed by atoms with Gasteiger partial charge < -0.3 is 4.74 Å². The molecule has 0 bridgehead atoms. The lowest BCUT2D eigenvalue weighted by Gasteiger charge is -2.02. The van der Waals surface area contributed by atoms with Gasteiger partial charge in [0, 0.05) is 5.02 Å². The van der Waals surface area contributed by atoms with Crippen LogP contribution in [0.3, 0.4) is 0 Å². The summed E-state index contributed by atoms with van der Waals surface area (Å²) in [5.74, 6) is -0.700. The number of esters is 1. The summed E-state index contributed by atoms with van der Waals surface area (Å²) in [5.41, 5.74) is -0.140. The fourth-order valence-corrected chi connectivity index (χ4v) is 3.74. The molecule has 0 aliphatic carbocycles. The molecule has 0 N–H and O–H groups in total. The first kappa shape index (κ1) is 14.3. The van der Waals surface area contributed by atoms with Gasteiger partial charge in [-0.25, -0.2) is 14.2 Å². The minimum Gasteiger partial charge on any atom is -0.462 e. The van der Waals surface area contributed by atoms with E-state index in [1.807, 2.05) is 0 Å². The molecular weight excluding hydrogens is 335 g/mol. The number of ether oxygens (including phenoxy) is 1. The largest absolute Gasteiger partial charge is 0.462 e. The monoisotopic (exact) mass is 342 g/mol. The molecule has 0 aliphatic rings. The SMILES string of the molecule is CCOC(=O)c1cnc2sc3cc(Cl)cc(Cl)c3n2c1=O. The van der Waals surface area contributed by atoms with E-state index in [2.05, 4.69) is 4.98 Å². The molecule has 5 nitrogen and oxygen atoms in total. The molecule has 0 amide bonds. The summed E-state index contributed by atoms with van der Waals surface area (Å²) in [7, 11) is 0. The van der Waals surface area contributed by atoms with Gasteiger partial charge in [-0.15, -0.1) is 0 Å². The average molecular weight is 343 g/mol. The van der Waals surface area contributed by atoms with E-state index in [4.69, 9.17) is 27.9 Å². The number of halogens is 2. The van der Waals surface area contributed by atoms with Crippen LogP contribution >= 0.6 is 34.5 Å². The Hall–Kier alpha value is -1.63. The average Bonchev–Trinajstić information content (AvgIpc) is 2.78. The minimum atomic E-state index is -0.700. The Morgan fingerprint density at radius 2 is 2.19 bits per heavy atom. The maximum absolute atomic E-state index is 12.5. The molecule has 0 saturated heterocycles. The van der Waals surface area contributed by atoms with E-state index in [0.29, 0.717) is 20.5 Å². The molecule has 0 spiro atoms. The highest BCUT2D eigenvalue weighted by atomic mass is 35.5. The van der Waals surface area contributed by atoms with Crippen LogP contribution in [0.1, 0.15) is 17.3 Å². The van der Waals surface area contributed by atoms with Gasteiger partial charge in [0.1, 0.15) is 5.56 Å². The third kappa shape index (κ3) is 2.29. The number of benzene rings is 1. The van der Waals surface area contributed by atoms with Crippen LogP contribution in [0.5, 0.6) is 0 Å². The number of hydrogen-bond donors (Lipinski definition) is 0. The number of thiazole rings is 1. The zero-order valence-corrected chi connectivity index (χ0v) is 13.1. The number of carbonyl (C=O) groups excluding carboxylic acids is 1. The Morgan fingerprint density at radius 1 is 1.43 bits per heavy atom. The van der Waals surface area contributed by atoms with Crippen LogP contribution in [0.2, 0.25) is 10.0 Å². The van der Waals surface area contributed by atoms with Gasteiger partial charge in [-0.05, 0) is 19.1 Å². The Labute approximate surface area is 132 Å². The summed E-state index contributed by atoms with van der Waals surface area (Å²) in [6, 6.07) is 3.24. The third-order valence-corrected chi connectivity index (χ3v) is 4.35. The summed E-state index contributed by atoms with van der Waals surface area (Å²) in [4.78, 5) is 28.8. The van der Waals surface area contributed by atoms with Crippen molar-refractivity contribution in [3.8, 4) is 0 Å². The molecule has 0 radical (unpaired) electrons. The molecule has 21 heavy (non-hydrogen) atoms. The fraction of sp³-hybridized carbons (Fsp3) is 0.154. The van der Waals surface area contributed by atoms with Gasteiger partial charge in [0.25, 0.3) is 5.56 Å². The highest BCUT2D eigenvalue weighted by molar-refractivity contribution is 7.23. The van der Waals surface area contributed by atoms with Crippen molar-refractivity contribution >= 4 is 55.7 Å². The summed E-state index contributed by atoms with van der Waals surface area (Å²) in [5, 5.41) is 0.798. The van der Waals surface area contributed by atoms with E-state index in [1.165, 1.54) is 21.9 Å². The Bertz CT molecular complexity index is 932. The second-order valence-electron chi connectivity index (χ2n) is 4.15. The molecule has 1 aromatic carbocycles. The molecule has 0 aliphatic heterocycles. The number of aromatic nitrogens is 2. The predicted octanol–water partition coefficient (Wildman–Crippen LogP) is 3.39. The maximum atomic E-state index is 12.5. The number of hydrogen-bond acceptors (Lipinski definition) is 5. The first-order chi connectivity index (χ1) is 10.0. The lowest BCUT2D eigenvalue weighted by Crippen LogP contribution is -2.23. The van der Waals surface area contributed by atoms with E-state index in [1.54, 1.807) is 19.1 Å². The fourth-order valence-electron chi connectivity index (χ4n) is 1.99. The molecular formula is C13H8Cl2N2O3S. The lowest BCUT2D eigenvalue weighted by atomic mass is 10.3. The molecule has 0 unspecified atom stereocenters. The molecule has 3 aromatic rings. The van der Waals surface area contributed by atoms with Gasteiger partial charge in [0.15, 0.2) is 4.96 Å². The van der Waals surface area contributed by atoms with Crippen molar-refractivity contribution in [2.45, 2.75) is 6.92 Å². The van der Waals surface area contributed by atoms with Gasteiger partial charge in [0.05, 0.1) is 28.0 Å². The number of carbonyl (C=O) groups is 1. The van der Waals surface area contributed by atoms with Gasteiger partial charge >= 0.3 is 5.97 Å². The molecule has 0 saturated carbocycles. The minimum absolute atomic E-state index is 0.125. The van der Waals surface area contributed by atoms with Crippen molar-refractivity contribution in [2.75, 3.05) is 6.61 Å². The first-order valence-corrected chi connectivity index (χ1v) is 7.56. The van der Waals surface area contributed by atoms with Gasteiger partial charge in [-0.3, -0.25) is 4.79 Å². The van der Waals surface area contributed by atoms with E-state index < -0.39 is 11.5 Å². The zero-order chi connectivity index (χ0) is 15.1.